The summed E-state index contributed by atoms with van der Waals surface area (Å²) in [5.74, 6) is 3.80. The fourth-order valence-electron chi connectivity index (χ4n) is 5.30. The summed E-state index contributed by atoms with van der Waals surface area (Å²) in [5.41, 5.74) is -0.306. The van der Waals surface area contributed by atoms with E-state index in [0.29, 0.717) is 11.8 Å². The fourth-order valence-corrected chi connectivity index (χ4v) is 5.30. The summed E-state index contributed by atoms with van der Waals surface area (Å²) >= 11 is 0. The third kappa shape index (κ3) is 1.52. The van der Waals surface area contributed by atoms with Crippen LogP contribution in [0.3, 0.4) is 0 Å². The summed E-state index contributed by atoms with van der Waals surface area (Å²) in [5, 5.41) is 6.53. The minimum atomic E-state index is -0.306. The van der Waals surface area contributed by atoms with Gasteiger partial charge < -0.3 is 5.32 Å². The molecule has 4 saturated carbocycles. The van der Waals surface area contributed by atoms with Crippen molar-refractivity contribution in [2.24, 2.45) is 28.7 Å². The van der Waals surface area contributed by atoms with E-state index in [9.17, 15) is 4.79 Å². The minimum absolute atomic E-state index is 0.205. The van der Waals surface area contributed by atoms with Crippen LogP contribution in [-0.2, 0) is 4.79 Å². The molecule has 0 aromatic carbocycles. The van der Waals surface area contributed by atoms with E-state index in [1.807, 2.05) is 0 Å². The van der Waals surface area contributed by atoms with Crippen molar-refractivity contribution in [2.45, 2.75) is 51.0 Å². The van der Waals surface area contributed by atoms with E-state index >= 15 is 0 Å². The van der Waals surface area contributed by atoms with Crippen LogP contribution in [0.25, 0.3) is 0 Å². The highest BCUT2D eigenvalue weighted by molar-refractivity contribution is 6.09. The van der Waals surface area contributed by atoms with Gasteiger partial charge in [0.15, 0.2) is 5.96 Å². The van der Waals surface area contributed by atoms with Crippen LogP contribution in [-0.4, -0.2) is 24.0 Å². The van der Waals surface area contributed by atoms with E-state index < -0.39 is 0 Å². The molecule has 2 N–H and O–H groups in total. The first kappa shape index (κ1) is 11.7. The Morgan fingerprint density at radius 3 is 2.37 bits per heavy atom. The van der Waals surface area contributed by atoms with Gasteiger partial charge in [-0.25, -0.2) is 0 Å². The predicted octanol–water partition coefficient (Wildman–Crippen LogP) is 1.67. The third-order valence-electron chi connectivity index (χ3n) is 5.85. The maximum atomic E-state index is 12.6. The lowest BCUT2D eigenvalue weighted by molar-refractivity contribution is -0.140. The van der Waals surface area contributed by atoms with Crippen molar-refractivity contribution in [3.63, 3.8) is 0 Å². The quantitative estimate of drug-likeness (QED) is 0.794. The van der Waals surface area contributed by atoms with Gasteiger partial charge in [-0.2, -0.15) is 0 Å². The van der Waals surface area contributed by atoms with Gasteiger partial charge in [-0.05, 0) is 62.2 Å². The topological polar surface area (TPSA) is 53.5 Å². The van der Waals surface area contributed by atoms with Gasteiger partial charge in [0.25, 0.3) is 5.91 Å². The van der Waals surface area contributed by atoms with Gasteiger partial charge >= 0.3 is 0 Å². The van der Waals surface area contributed by atoms with E-state index in [1.54, 1.807) is 0 Å². The molecule has 4 bridgehead atoms. The molecule has 4 heteroatoms. The number of nitrogens with zero attached hydrogens (tertiary/aromatic N) is 1. The van der Waals surface area contributed by atoms with Crippen LogP contribution in [0.5, 0.6) is 0 Å². The molecule has 104 valence electrons. The summed E-state index contributed by atoms with van der Waals surface area (Å²) in [7, 11) is 0. The highest BCUT2D eigenvalue weighted by atomic mass is 16.2. The maximum absolute atomic E-state index is 12.6. The molecule has 5 rings (SSSR count). The van der Waals surface area contributed by atoms with Gasteiger partial charge in [0.2, 0.25) is 0 Å². The lowest BCUT2D eigenvalue weighted by Crippen LogP contribution is -2.66. The smallest absolute Gasteiger partial charge is 0.252 e. The van der Waals surface area contributed by atoms with E-state index in [0.717, 1.165) is 30.8 Å². The number of nitrogens with one attached hydrogen (secondary N) is 2. The van der Waals surface area contributed by atoms with Crippen LogP contribution >= 0.6 is 0 Å². The predicted molar refractivity (Wildman–Crippen MR) is 73.6 cm³/mol. The lowest BCUT2D eigenvalue weighted by atomic mass is 9.48. The van der Waals surface area contributed by atoms with Crippen molar-refractivity contribution in [3.8, 4) is 0 Å². The Kier molecular flexibility index (Phi) is 2.45. The summed E-state index contributed by atoms with van der Waals surface area (Å²) in [6.45, 7) is 2.90. The van der Waals surface area contributed by atoms with Crippen LogP contribution in [0.2, 0.25) is 0 Å². The Labute approximate surface area is 114 Å². The van der Waals surface area contributed by atoms with Crippen molar-refractivity contribution in [2.75, 3.05) is 6.54 Å². The van der Waals surface area contributed by atoms with Crippen LogP contribution in [0, 0.1) is 23.7 Å². The lowest BCUT2D eigenvalue weighted by Gasteiger charge is -2.58. The largest absolute Gasteiger partial charge is 0.341 e. The van der Waals surface area contributed by atoms with Crippen LogP contribution in [0.1, 0.15) is 45.4 Å². The Balaban J connectivity index is 1.65. The molecule has 19 heavy (non-hydrogen) atoms. The average molecular weight is 261 g/mol. The van der Waals surface area contributed by atoms with E-state index in [2.05, 4.69) is 22.5 Å². The number of rotatable bonds is 2. The maximum Gasteiger partial charge on any atom is 0.252 e. The molecule has 0 atom stereocenters. The van der Waals surface area contributed by atoms with Crippen molar-refractivity contribution < 1.29 is 4.79 Å². The summed E-state index contributed by atoms with van der Waals surface area (Å²) < 4.78 is 0. The molecular weight excluding hydrogens is 238 g/mol. The SMILES string of the molecule is CCCN=C1NC(=O)C2(N1)C1CC3CC(C1)CC2C3. The summed E-state index contributed by atoms with van der Waals surface area (Å²) in [6, 6.07) is 0. The highest BCUT2D eigenvalue weighted by Gasteiger charge is 2.63. The van der Waals surface area contributed by atoms with Crippen molar-refractivity contribution in [1.29, 1.82) is 0 Å². The normalized spacial score (nSPS) is 48.9. The molecule has 1 spiro atoms. The molecule has 0 unspecified atom stereocenters. The molecule has 0 aromatic heterocycles. The number of amides is 1. The molecule has 5 aliphatic rings. The number of hydrogen-bond acceptors (Lipinski definition) is 2. The van der Waals surface area contributed by atoms with Gasteiger partial charge in [-0.3, -0.25) is 15.1 Å². The first-order chi connectivity index (χ1) is 9.22. The first-order valence-electron chi connectivity index (χ1n) is 7.86. The molecule has 4 nitrogen and oxygen atoms in total. The van der Waals surface area contributed by atoms with Gasteiger partial charge in [-0.15, -0.1) is 0 Å². The zero-order valence-corrected chi connectivity index (χ0v) is 11.6. The molecule has 1 aliphatic heterocycles. The standard InChI is InChI=1S/C15H23N3O/c1-2-3-16-14-17-13(19)15(18-14)11-5-9-4-10(7-11)8-12(15)6-9/h9-12H,2-8H2,1H3,(H2,16,17,18,19). The number of aliphatic imine (C=N–C) groups is 1. The van der Waals surface area contributed by atoms with Crippen molar-refractivity contribution >= 4 is 11.9 Å². The second-order valence-corrected chi connectivity index (χ2v) is 6.98. The van der Waals surface area contributed by atoms with Gasteiger partial charge in [0.05, 0.1) is 0 Å². The third-order valence-corrected chi connectivity index (χ3v) is 5.85. The number of hydrogen-bond donors (Lipinski definition) is 2. The fraction of sp³-hybridized carbons (Fsp3) is 0.867. The Morgan fingerprint density at radius 2 is 1.79 bits per heavy atom. The molecular formula is C15H23N3O. The summed E-state index contributed by atoms with van der Waals surface area (Å²) in [6.07, 6.45) is 7.42. The minimum Gasteiger partial charge on any atom is -0.341 e. The van der Waals surface area contributed by atoms with Crippen LogP contribution in [0.15, 0.2) is 4.99 Å². The summed E-state index contributed by atoms with van der Waals surface area (Å²) in [4.78, 5) is 17.1. The van der Waals surface area contributed by atoms with Crippen LogP contribution < -0.4 is 10.6 Å². The molecule has 0 aromatic rings. The Hall–Kier alpha value is -1.06. The molecule has 0 radical (unpaired) electrons. The molecule has 1 heterocycles. The van der Waals surface area contributed by atoms with Crippen molar-refractivity contribution in [3.05, 3.63) is 0 Å². The Bertz CT molecular complexity index is 415. The van der Waals surface area contributed by atoms with Gasteiger partial charge in [-0.1, -0.05) is 6.92 Å². The van der Waals surface area contributed by atoms with Gasteiger partial charge in [0.1, 0.15) is 5.54 Å². The van der Waals surface area contributed by atoms with Crippen LogP contribution in [0.4, 0.5) is 0 Å². The van der Waals surface area contributed by atoms with Gasteiger partial charge in [0, 0.05) is 6.54 Å². The molecule has 1 amide bonds. The van der Waals surface area contributed by atoms with Crippen molar-refractivity contribution in [1.82, 2.24) is 10.6 Å². The van der Waals surface area contributed by atoms with E-state index in [-0.39, 0.29) is 11.4 Å². The Morgan fingerprint density at radius 1 is 1.16 bits per heavy atom. The second kappa shape index (κ2) is 3.97. The number of carbonyl (C=O) groups is 1. The highest BCUT2D eigenvalue weighted by Crippen LogP contribution is 2.58. The molecule has 1 saturated heterocycles. The second-order valence-electron chi connectivity index (χ2n) is 6.98. The zero-order chi connectivity index (χ0) is 13.0. The number of carbonyl (C=O) groups excluding carboxylic acids is 1. The zero-order valence-electron chi connectivity index (χ0n) is 11.6. The first-order valence-corrected chi connectivity index (χ1v) is 7.86. The number of guanidine groups is 1. The van der Waals surface area contributed by atoms with E-state index in [4.69, 9.17) is 0 Å². The molecule has 5 fully saturated rings. The monoisotopic (exact) mass is 261 g/mol. The average Bonchev–Trinajstić information content (AvgIpc) is 2.71. The molecule has 4 aliphatic carbocycles. The van der Waals surface area contributed by atoms with E-state index in [1.165, 1.54) is 32.1 Å².